The first kappa shape index (κ1) is 16.7. The fraction of sp³-hybridized carbons (Fsp3) is 0.333. The molecule has 0 atom stereocenters. The first-order valence-corrected chi connectivity index (χ1v) is 8.43. The SMILES string of the molecule is CN1CCN(c2cccc(C(=O)NCc3ccc(Cl)cc3)n2)CC1. The Morgan fingerprint density at radius 1 is 1.12 bits per heavy atom. The van der Waals surface area contributed by atoms with Gasteiger partial charge in [0, 0.05) is 37.7 Å². The van der Waals surface area contributed by atoms with E-state index in [1.54, 1.807) is 6.07 Å². The highest BCUT2D eigenvalue weighted by Crippen LogP contribution is 2.14. The van der Waals surface area contributed by atoms with Crippen molar-refractivity contribution in [2.24, 2.45) is 0 Å². The third-order valence-electron chi connectivity index (χ3n) is 4.16. The molecule has 0 aliphatic carbocycles. The lowest BCUT2D eigenvalue weighted by Gasteiger charge is -2.33. The number of nitrogens with one attached hydrogen (secondary N) is 1. The number of aromatic nitrogens is 1. The van der Waals surface area contributed by atoms with Gasteiger partial charge in [0.25, 0.3) is 5.91 Å². The molecule has 2 heterocycles. The second-order valence-corrected chi connectivity index (χ2v) is 6.42. The van der Waals surface area contributed by atoms with Crippen molar-refractivity contribution in [3.05, 3.63) is 58.7 Å². The number of likely N-dealkylation sites (N-methyl/N-ethyl adjacent to an activating group) is 1. The summed E-state index contributed by atoms with van der Waals surface area (Å²) in [5.74, 6) is 0.697. The molecule has 2 aromatic rings. The Bertz CT molecular complexity index is 696. The predicted molar refractivity (Wildman–Crippen MR) is 96.6 cm³/mol. The molecule has 1 aromatic heterocycles. The van der Waals surface area contributed by atoms with Crippen LogP contribution in [0.3, 0.4) is 0 Å². The highest BCUT2D eigenvalue weighted by Gasteiger charge is 2.16. The van der Waals surface area contributed by atoms with E-state index in [1.807, 2.05) is 36.4 Å². The summed E-state index contributed by atoms with van der Waals surface area (Å²) >= 11 is 5.87. The Balaban J connectivity index is 1.62. The molecule has 1 aliphatic rings. The van der Waals surface area contributed by atoms with Crippen molar-refractivity contribution < 1.29 is 4.79 Å². The van der Waals surface area contributed by atoms with E-state index in [4.69, 9.17) is 11.6 Å². The van der Waals surface area contributed by atoms with Gasteiger partial charge in [0.1, 0.15) is 11.5 Å². The van der Waals surface area contributed by atoms with Gasteiger partial charge in [0.2, 0.25) is 0 Å². The molecule has 0 bridgehead atoms. The molecule has 0 radical (unpaired) electrons. The largest absolute Gasteiger partial charge is 0.354 e. The highest BCUT2D eigenvalue weighted by atomic mass is 35.5. The van der Waals surface area contributed by atoms with E-state index in [9.17, 15) is 4.79 Å². The minimum atomic E-state index is -0.166. The number of carbonyl (C=O) groups is 1. The topological polar surface area (TPSA) is 48.5 Å². The number of pyridine rings is 1. The lowest BCUT2D eigenvalue weighted by atomic mass is 10.2. The lowest BCUT2D eigenvalue weighted by Crippen LogP contribution is -2.45. The van der Waals surface area contributed by atoms with E-state index in [1.165, 1.54) is 0 Å². The van der Waals surface area contributed by atoms with Crippen LogP contribution in [0, 0.1) is 0 Å². The third kappa shape index (κ3) is 4.24. The number of benzene rings is 1. The van der Waals surface area contributed by atoms with Gasteiger partial charge in [-0.05, 0) is 36.9 Å². The van der Waals surface area contributed by atoms with Crippen molar-refractivity contribution in [3.8, 4) is 0 Å². The van der Waals surface area contributed by atoms with Crippen LogP contribution in [0.15, 0.2) is 42.5 Å². The molecule has 0 spiro atoms. The Labute approximate surface area is 147 Å². The standard InChI is InChI=1S/C18H21ClN4O/c1-22-9-11-23(12-10-22)17-4-2-3-16(21-17)18(24)20-13-14-5-7-15(19)8-6-14/h2-8H,9-13H2,1H3,(H,20,24). The van der Waals surface area contributed by atoms with Crippen molar-refractivity contribution in [2.45, 2.75) is 6.54 Å². The number of piperazine rings is 1. The summed E-state index contributed by atoms with van der Waals surface area (Å²) in [6.45, 7) is 4.33. The van der Waals surface area contributed by atoms with Crippen LogP contribution < -0.4 is 10.2 Å². The average molecular weight is 345 g/mol. The van der Waals surface area contributed by atoms with Crippen LogP contribution in [-0.4, -0.2) is 49.0 Å². The van der Waals surface area contributed by atoms with Crippen LogP contribution in [0.5, 0.6) is 0 Å². The number of carbonyl (C=O) groups excluding carboxylic acids is 1. The Morgan fingerprint density at radius 2 is 1.83 bits per heavy atom. The van der Waals surface area contributed by atoms with E-state index < -0.39 is 0 Å². The average Bonchev–Trinajstić information content (AvgIpc) is 2.62. The number of halogens is 1. The molecule has 1 saturated heterocycles. The van der Waals surface area contributed by atoms with Crippen LogP contribution in [0.4, 0.5) is 5.82 Å². The minimum Gasteiger partial charge on any atom is -0.354 e. The van der Waals surface area contributed by atoms with Crippen LogP contribution in [0.1, 0.15) is 16.1 Å². The predicted octanol–water partition coefficient (Wildman–Crippen LogP) is 2.42. The second kappa shape index (κ2) is 7.64. The van der Waals surface area contributed by atoms with Gasteiger partial charge < -0.3 is 15.1 Å². The van der Waals surface area contributed by atoms with Crippen molar-refractivity contribution in [3.63, 3.8) is 0 Å². The molecule has 6 heteroatoms. The normalized spacial score (nSPS) is 15.3. The molecule has 5 nitrogen and oxygen atoms in total. The summed E-state index contributed by atoms with van der Waals surface area (Å²) in [5, 5.41) is 3.59. The van der Waals surface area contributed by atoms with E-state index in [0.29, 0.717) is 17.3 Å². The lowest BCUT2D eigenvalue weighted by molar-refractivity contribution is 0.0946. The molecule has 1 aromatic carbocycles. The minimum absolute atomic E-state index is 0.166. The van der Waals surface area contributed by atoms with E-state index in [0.717, 1.165) is 37.6 Å². The molecular weight excluding hydrogens is 324 g/mol. The van der Waals surface area contributed by atoms with Gasteiger partial charge in [-0.25, -0.2) is 4.98 Å². The number of amides is 1. The monoisotopic (exact) mass is 344 g/mol. The van der Waals surface area contributed by atoms with Crippen molar-refractivity contribution >= 4 is 23.3 Å². The zero-order valence-corrected chi connectivity index (χ0v) is 14.5. The van der Waals surface area contributed by atoms with Gasteiger partial charge in [-0.3, -0.25) is 4.79 Å². The first-order chi connectivity index (χ1) is 11.6. The third-order valence-corrected chi connectivity index (χ3v) is 4.41. The Morgan fingerprint density at radius 3 is 2.54 bits per heavy atom. The Kier molecular flexibility index (Phi) is 5.33. The van der Waals surface area contributed by atoms with E-state index in [2.05, 4.69) is 27.1 Å². The molecule has 126 valence electrons. The molecular formula is C18H21ClN4O. The van der Waals surface area contributed by atoms with Crippen molar-refractivity contribution in [1.82, 2.24) is 15.2 Å². The highest BCUT2D eigenvalue weighted by molar-refractivity contribution is 6.30. The smallest absolute Gasteiger partial charge is 0.270 e. The van der Waals surface area contributed by atoms with Gasteiger partial charge in [0.05, 0.1) is 0 Å². The van der Waals surface area contributed by atoms with Crippen LogP contribution in [0.25, 0.3) is 0 Å². The molecule has 1 fully saturated rings. The van der Waals surface area contributed by atoms with Crippen molar-refractivity contribution in [1.29, 1.82) is 0 Å². The molecule has 0 saturated carbocycles. The first-order valence-electron chi connectivity index (χ1n) is 8.05. The van der Waals surface area contributed by atoms with E-state index >= 15 is 0 Å². The Hall–Kier alpha value is -2.11. The maximum absolute atomic E-state index is 12.3. The quantitative estimate of drug-likeness (QED) is 0.925. The number of rotatable bonds is 4. The van der Waals surface area contributed by atoms with Crippen LogP contribution in [0.2, 0.25) is 5.02 Å². The van der Waals surface area contributed by atoms with E-state index in [-0.39, 0.29) is 5.91 Å². The van der Waals surface area contributed by atoms with Crippen molar-refractivity contribution in [2.75, 3.05) is 38.1 Å². The molecule has 1 aliphatic heterocycles. The fourth-order valence-corrected chi connectivity index (χ4v) is 2.76. The number of nitrogens with zero attached hydrogens (tertiary/aromatic N) is 3. The van der Waals surface area contributed by atoms with Gasteiger partial charge >= 0.3 is 0 Å². The fourth-order valence-electron chi connectivity index (χ4n) is 2.64. The summed E-state index contributed by atoms with van der Waals surface area (Å²) in [6.07, 6.45) is 0. The van der Waals surface area contributed by atoms with Crippen LogP contribution >= 0.6 is 11.6 Å². The summed E-state index contributed by atoms with van der Waals surface area (Å²) in [4.78, 5) is 21.4. The maximum Gasteiger partial charge on any atom is 0.270 e. The summed E-state index contributed by atoms with van der Waals surface area (Å²) in [6, 6.07) is 13.0. The van der Waals surface area contributed by atoms with Gasteiger partial charge in [-0.15, -0.1) is 0 Å². The molecule has 24 heavy (non-hydrogen) atoms. The zero-order valence-electron chi connectivity index (χ0n) is 13.7. The molecule has 0 unspecified atom stereocenters. The molecule has 1 amide bonds. The summed E-state index contributed by atoms with van der Waals surface area (Å²) in [7, 11) is 2.12. The van der Waals surface area contributed by atoms with Gasteiger partial charge in [-0.1, -0.05) is 29.8 Å². The second-order valence-electron chi connectivity index (χ2n) is 5.98. The number of anilines is 1. The summed E-state index contributed by atoms with van der Waals surface area (Å²) < 4.78 is 0. The zero-order chi connectivity index (χ0) is 16.9. The van der Waals surface area contributed by atoms with Gasteiger partial charge in [-0.2, -0.15) is 0 Å². The van der Waals surface area contributed by atoms with Crippen LogP contribution in [-0.2, 0) is 6.54 Å². The van der Waals surface area contributed by atoms with Gasteiger partial charge in [0.15, 0.2) is 0 Å². The summed E-state index contributed by atoms with van der Waals surface area (Å²) in [5.41, 5.74) is 1.45. The molecule has 3 rings (SSSR count). The maximum atomic E-state index is 12.3. The molecule has 1 N–H and O–H groups in total. The number of hydrogen-bond acceptors (Lipinski definition) is 4. The number of hydrogen-bond donors (Lipinski definition) is 1.